The zero-order chi connectivity index (χ0) is 12.4. The van der Waals surface area contributed by atoms with Crippen molar-refractivity contribution in [1.82, 2.24) is 5.32 Å². The van der Waals surface area contributed by atoms with Gasteiger partial charge in [0.05, 0.1) is 12.2 Å². The third-order valence-corrected chi connectivity index (χ3v) is 4.02. The molecule has 18 heavy (non-hydrogen) atoms. The second-order valence-electron chi connectivity index (χ2n) is 5.15. The number of hydrogen-bond acceptors (Lipinski definition) is 3. The van der Waals surface area contributed by atoms with E-state index in [1.807, 2.05) is 24.3 Å². The molecule has 1 aromatic carbocycles. The summed E-state index contributed by atoms with van der Waals surface area (Å²) in [4.78, 5) is 0. The van der Waals surface area contributed by atoms with Crippen LogP contribution in [0.4, 0.5) is 0 Å². The predicted octanol–water partition coefficient (Wildman–Crippen LogP) is 2.63. The molecule has 2 fully saturated rings. The molecule has 0 saturated carbocycles. The fraction of sp³-hybridized carbons (Fsp3) is 0.571. The Kier molecular flexibility index (Phi) is 3.46. The van der Waals surface area contributed by atoms with E-state index < -0.39 is 0 Å². The molecule has 0 amide bonds. The van der Waals surface area contributed by atoms with Gasteiger partial charge in [-0.05, 0) is 44.1 Å². The summed E-state index contributed by atoms with van der Waals surface area (Å²) in [5.41, 5.74) is 0.0501. The lowest BCUT2D eigenvalue weighted by molar-refractivity contribution is -0.0205. The molecule has 2 aliphatic rings. The fourth-order valence-corrected chi connectivity index (χ4v) is 3.02. The zero-order valence-corrected chi connectivity index (χ0v) is 11.1. The van der Waals surface area contributed by atoms with Crippen LogP contribution in [0.25, 0.3) is 0 Å². The van der Waals surface area contributed by atoms with Crippen LogP contribution in [0, 0.1) is 0 Å². The molecule has 0 aromatic heterocycles. The summed E-state index contributed by atoms with van der Waals surface area (Å²) in [5.74, 6) is 0.835. The lowest BCUT2D eigenvalue weighted by Gasteiger charge is -2.32. The second kappa shape index (κ2) is 5.08. The number of hydrogen-bond donors (Lipinski definition) is 1. The molecule has 3 nitrogen and oxygen atoms in total. The Bertz CT molecular complexity index is 418. The molecule has 2 aliphatic heterocycles. The molecule has 1 spiro atoms. The Morgan fingerprint density at radius 1 is 1.33 bits per heavy atom. The van der Waals surface area contributed by atoms with Crippen LogP contribution in [0.3, 0.4) is 0 Å². The van der Waals surface area contributed by atoms with Crippen molar-refractivity contribution in [3.05, 3.63) is 29.3 Å². The third kappa shape index (κ3) is 2.63. The van der Waals surface area contributed by atoms with Crippen molar-refractivity contribution in [2.45, 2.75) is 31.0 Å². The molecule has 4 heteroatoms. The minimum Gasteiger partial charge on any atom is -0.488 e. The van der Waals surface area contributed by atoms with Gasteiger partial charge in [0, 0.05) is 11.4 Å². The van der Waals surface area contributed by atoms with E-state index in [4.69, 9.17) is 21.1 Å². The van der Waals surface area contributed by atoms with Gasteiger partial charge in [-0.1, -0.05) is 17.7 Å². The van der Waals surface area contributed by atoms with E-state index in [0.29, 0.717) is 11.6 Å². The normalized spacial score (nSPS) is 26.4. The summed E-state index contributed by atoms with van der Waals surface area (Å²) in [6.07, 6.45) is 3.31. The molecule has 1 unspecified atom stereocenters. The maximum atomic E-state index is 6.00. The first-order valence-corrected chi connectivity index (χ1v) is 6.91. The Balaban J connectivity index is 1.62. The third-order valence-electron chi connectivity index (χ3n) is 3.79. The number of rotatable bonds is 2. The smallest absolute Gasteiger partial charge is 0.125 e. The molecule has 0 radical (unpaired) electrons. The van der Waals surface area contributed by atoms with E-state index in [1.54, 1.807) is 0 Å². The SMILES string of the molecule is Clc1cccc(OC2COC3(CCNCC3)C2)c1. The highest BCUT2D eigenvalue weighted by Gasteiger charge is 2.42. The Morgan fingerprint density at radius 3 is 2.94 bits per heavy atom. The second-order valence-corrected chi connectivity index (χ2v) is 5.58. The summed E-state index contributed by atoms with van der Waals surface area (Å²) in [5, 5.41) is 4.08. The van der Waals surface area contributed by atoms with Crippen LogP contribution in [-0.2, 0) is 4.74 Å². The van der Waals surface area contributed by atoms with Crippen molar-refractivity contribution in [2.24, 2.45) is 0 Å². The van der Waals surface area contributed by atoms with Crippen LogP contribution >= 0.6 is 11.6 Å². The first-order valence-electron chi connectivity index (χ1n) is 6.53. The van der Waals surface area contributed by atoms with Gasteiger partial charge in [0.2, 0.25) is 0 Å². The Morgan fingerprint density at radius 2 is 2.17 bits per heavy atom. The van der Waals surface area contributed by atoms with Crippen LogP contribution in [0.15, 0.2) is 24.3 Å². The molecule has 0 bridgehead atoms. The topological polar surface area (TPSA) is 30.5 Å². The molecular formula is C14H18ClNO2. The standard InChI is InChI=1S/C14H18ClNO2/c15-11-2-1-3-12(8-11)18-13-9-14(17-10-13)4-6-16-7-5-14/h1-3,8,13,16H,4-7,9-10H2. The molecule has 0 aliphatic carbocycles. The molecular weight excluding hydrogens is 250 g/mol. The van der Waals surface area contributed by atoms with E-state index in [0.717, 1.165) is 38.1 Å². The van der Waals surface area contributed by atoms with Gasteiger partial charge in [0.15, 0.2) is 0 Å². The van der Waals surface area contributed by atoms with Crippen molar-refractivity contribution in [3.63, 3.8) is 0 Å². The maximum Gasteiger partial charge on any atom is 0.125 e. The molecule has 3 rings (SSSR count). The predicted molar refractivity (Wildman–Crippen MR) is 71.3 cm³/mol. The van der Waals surface area contributed by atoms with Crippen molar-refractivity contribution < 1.29 is 9.47 Å². The highest BCUT2D eigenvalue weighted by atomic mass is 35.5. The van der Waals surface area contributed by atoms with Gasteiger partial charge >= 0.3 is 0 Å². The summed E-state index contributed by atoms with van der Waals surface area (Å²) in [7, 11) is 0. The summed E-state index contributed by atoms with van der Waals surface area (Å²) < 4.78 is 12.0. The van der Waals surface area contributed by atoms with Crippen LogP contribution in [0.5, 0.6) is 5.75 Å². The molecule has 98 valence electrons. The highest BCUT2D eigenvalue weighted by molar-refractivity contribution is 6.30. The van der Waals surface area contributed by atoms with Crippen molar-refractivity contribution in [2.75, 3.05) is 19.7 Å². The monoisotopic (exact) mass is 267 g/mol. The summed E-state index contributed by atoms with van der Waals surface area (Å²) in [6.45, 7) is 2.78. The lowest BCUT2D eigenvalue weighted by atomic mass is 9.89. The van der Waals surface area contributed by atoms with Crippen molar-refractivity contribution in [3.8, 4) is 5.75 Å². The number of nitrogens with one attached hydrogen (secondary N) is 1. The average Bonchev–Trinajstić information content (AvgIpc) is 2.73. The van der Waals surface area contributed by atoms with Crippen LogP contribution in [0.1, 0.15) is 19.3 Å². The lowest BCUT2D eigenvalue weighted by Crippen LogP contribution is -2.41. The Hall–Kier alpha value is -0.770. The Labute approximate surface area is 112 Å². The van der Waals surface area contributed by atoms with E-state index in [9.17, 15) is 0 Å². The van der Waals surface area contributed by atoms with E-state index in [-0.39, 0.29) is 11.7 Å². The van der Waals surface area contributed by atoms with Gasteiger partial charge < -0.3 is 14.8 Å². The van der Waals surface area contributed by atoms with Crippen molar-refractivity contribution in [1.29, 1.82) is 0 Å². The summed E-state index contributed by atoms with van der Waals surface area (Å²) in [6, 6.07) is 7.57. The molecule has 1 N–H and O–H groups in total. The zero-order valence-electron chi connectivity index (χ0n) is 10.3. The van der Waals surface area contributed by atoms with Crippen LogP contribution in [0.2, 0.25) is 5.02 Å². The van der Waals surface area contributed by atoms with Crippen LogP contribution in [-0.4, -0.2) is 31.4 Å². The van der Waals surface area contributed by atoms with E-state index in [1.165, 1.54) is 0 Å². The van der Waals surface area contributed by atoms with Crippen LogP contribution < -0.4 is 10.1 Å². The fourth-order valence-electron chi connectivity index (χ4n) is 2.84. The largest absolute Gasteiger partial charge is 0.488 e. The number of ether oxygens (including phenoxy) is 2. The van der Waals surface area contributed by atoms with Gasteiger partial charge in [-0.15, -0.1) is 0 Å². The molecule has 1 atom stereocenters. The number of halogens is 1. The first kappa shape index (κ1) is 12.3. The van der Waals surface area contributed by atoms with Gasteiger partial charge in [-0.2, -0.15) is 0 Å². The molecule has 2 heterocycles. The van der Waals surface area contributed by atoms with Gasteiger partial charge in [-0.3, -0.25) is 0 Å². The van der Waals surface area contributed by atoms with Gasteiger partial charge in [0.25, 0.3) is 0 Å². The van der Waals surface area contributed by atoms with Gasteiger partial charge in [0.1, 0.15) is 11.9 Å². The maximum absolute atomic E-state index is 6.00. The van der Waals surface area contributed by atoms with Gasteiger partial charge in [-0.25, -0.2) is 0 Å². The average molecular weight is 268 g/mol. The first-order chi connectivity index (χ1) is 8.76. The highest BCUT2D eigenvalue weighted by Crippen LogP contribution is 2.35. The molecule has 1 aromatic rings. The molecule has 2 saturated heterocycles. The minimum absolute atomic E-state index is 0.0501. The summed E-state index contributed by atoms with van der Waals surface area (Å²) >= 11 is 5.95. The van der Waals surface area contributed by atoms with Crippen molar-refractivity contribution >= 4 is 11.6 Å². The quantitative estimate of drug-likeness (QED) is 0.894. The van der Waals surface area contributed by atoms with E-state index >= 15 is 0 Å². The number of piperidine rings is 1. The van der Waals surface area contributed by atoms with E-state index in [2.05, 4.69) is 5.32 Å². The minimum atomic E-state index is 0.0501. The number of benzene rings is 1.